The Bertz CT molecular complexity index is 993. The third kappa shape index (κ3) is 3.68. The Kier molecular flexibility index (Phi) is 4.45. The second-order valence-electron chi connectivity index (χ2n) is 5.60. The molecule has 2 aromatic rings. The maximum atomic E-state index is 13.9. The lowest BCUT2D eigenvalue weighted by Crippen LogP contribution is -2.12. The predicted molar refractivity (Wildman–Crippen MR) is 87.9 cm³/mol. The van der Waals surface area contributed by atoms with E-state index in [2.05, 4.69) is 4.98 Å². The zero-order valence-corrected chi connectivity index (χ0v) is 13.9. The molecule has 1 aromatic carbocycles. The molecule has 0 amide bonds. The summed E-state index contributed by atoms with van der Waals surface area (Å²) in [6.45, 7) is 0. The van der Waals surface area contributed by atoms with Gasteiger partial charge in [-0.05, 0) is 47.6 Å². The van der Waals surface area contributed by atoms with Crippen LogP contribution in [0.3, 0.4) is 0 Å². The van der Waals surface area contributed by atoms with E-state index in [9.17, 15) is 26.0 Å². The van der Waals surface area contributed by atoms with Crippen LogP contribution < -0.4 is 5.14 Å². The van der Waals surface area contributed by atoms with Gasteiger partial charge in [-0.25, -0.2) is 17.9 Å². The van der Waals surface area contributed by atoms with Crippen LogP contribution in [0, 0.1) is 0 Å². The average Bonchev–Trinajstić information content (AvgIpc) is 2.95. The first kappa shape index (κ1) is 18.3. The zero-order valence-electron chi connectivity index (χ0n) is 13.0. The number of alkyl halides is 4. The molecule has 0 radical (unpaired) electrons. The number of hydrogen-bond donors (Lipinski definition) is 1. The standard InChI is InChI=1S/C17H12F4N2O2S/c18-12-7-14(10-1-3-11(4-2-10)17(19,20)21)15(8-12)16-6-5-13(9-23-16)26(22,24)25/h1-9,12H,(H2,22,24,25). The van der Waals surface area contributed by atoms with E-state index < -0.39 is 27.9 Å². The predicted octanol–water partition coefficient (Wildman–Crippen LogP) is 3.57. The fraction of sp³-hybridized carbons (Fsp3) is 0.118. The van der Waals surface area contributed by atoms with Crippen molar-refractivity contribution in [1.29, 1.82) is 0 Å². The molecule has 0 spiro atoms. The minimum Gasteiger partial charge on any atom is -0.255 e. The molecule has 9 heteroatoms. The molecule has 0 saturated heterocycles. The Morgan fingerprint density at radius 2 is 1.58 bits per heavy atom. The molecule has 1 heterocycles. The first-order chi connectivity index (χ1) is 12.1. The number of sulfonamides is 1. The van der Waals surface area contributed by atoms with Crippen molar-refractivity contribution in [1.82, 2.24) is 4.98 Å². The maximum Gasteiger partial charge on any atom is 0.416 e. The van der Waals surface area contributed by atoms with E-state index in [1.165, 1.54) is 36.4 Å². The van der Waals surface area contributed by atoms with Gasteiger partial charge in [0.15, 0.2) is 0 Å². The number of benzene rings is 1. The summed E-state index contributed by atoms with van der Waals surface area (Å²) in [7, 11) is -3.92. The second-order valence-corrected chi connectivity index (χ2v) is 7.17. The number of nitrogens with two attached hydrogens (primary N) is 1. The Morgan fingerprint density at radius 3 is 2.08 bits per heavy atom. The van der Waals surface area contributed by atoms with E-state index in [4.69, 9.17) is 5.14 Å². The summed E-state index contributed by atoms with van der Waals surface area (Å²) in [6.07, 6.45) is -2.34. The number of allylic oxidation sites excluding steroid dienone is 4. The molecular weight excluding hydrogens is 372 g/mol. The van der Waals surface area contributed by atoms with Gasteiger partial charge in [-0.3, -0.25) is 4.98 Å². The third-order valence-corrected chi connectivity index (χ3v) is 4.70. The van der Waals surface area contributed by atoms with Gasteiger partial charge in [-0.2, -0.15) is 13.2 Å². The summed E-state index contributed by atoms with van der Waals surface area (Å²) in [4.78, 5) is 3.78. The van der Waals surface area contributed by atoms with E-state index in [0.29, 0.717) is 16.7 Å². The molecule has 0 fully saturated rings. The minimum absolute atomic E-state index is 0.197. The Balaban J connectivity index is 1.96. The topological polar surface area (TPSA) is 73.1 Å². The van der Waals surface area contributed by atoms with E-state index >= 15 is 0 Å². The molecular formula is C17H12F4N2O2S. The number of rotatable bonds is 3. The molecule has 0 bridgehead atoms. The molecule has 1 unspecified atom stereocenters. The molecule has 1 aromatic heterocycles. The van der Waals surface area contributed by atoms with Crippen molar-refractivity contribution in [2.75, 3.05) is 0 Å². The third-order valence-electron chi connectivity index (χ3n) is 3.81. The average molecular weight is 384 g/mol. The number of pyridine rings is 1. The Hall–Kier alpha value is -2.52. The largest absolute Gasteiger partial charge is 0.416 e. The van der Waals surface area contributed by atoms with Gasteiger partial charge in [-0.1, -0.05) is 12.1 Å². The monoisotopic (exact) mass is 384 g/mol. The molecule has 2 N–H and O–H groups in total. The first-order valence-electron chi connectivity index (χ1n) is 7.30. The molecule has 136 valence electrons. The summed E-state index contributed by atoms with van der Waals surface area (Å²) < 4.78 is 74.4. The molecule has 3 rings (SSSR count). The van der Waals surface area contributed by atoms with Gasteiger partial charge < -0.3 is 0 Å². The van der Waals surface area contributed by atoms with Crippen LogP contribution >= 0.6 is 0 Å². The molecule has 1 aliphatic rings. The van der Waals surface area contributed by atoms with E-state index in [0.717, 1.165) is 18.3 Å². The van der Waals surface area contributed by atoms with Crippen LogP contribution in [0.2, 0.25) is 0 Å². The lowest BCUT2D eigenvalue weighted by atomic mass is 9.97. The minimum atomic E-state index is -4.46. The van der Waals surface area contributed by atoms with Crippen LogP contribution in [0.1, 0.15) is 16.8 Å². The normalized spacial score (nSPS) is 17.8. The highest BCUT2D eigenvalue weighted by atomic mass is 32.2. The molecule has 0 saturated carbocycles. The van der Waals surface area contributed by atoms with Crippen molar-refractivity contribution < 1.29 is 26.0 Å². The van der Waals surface area contributed by atoms with Crippen molar-refractivity contribution in [2.45, 2.75) is 17.2 Å². The van der Waals surface area contributed by atoms with Gasteiger partial charge in [0, 0.05) is 11.8 Å². The maximum absolute atomic E-state index is 13.9. The molecule has 1 atom stereocenters. The fourth-order valence-corrected chi connectivity index (χ4v) is 3.03. The van der Waals surface area contributed by atoms with Gasteiger partial charge in [0.05, 0.1) is 11.3 Å². The van der Waals surface area contributed by atoms with Gasteiger partial charge in [0.2, 0.25) is 10.0 Å². The van der Waals surface area contributed by atoms with Gasteiger partial charge in [0.25, 0.3) is 0 Å². The highest BCUT2D eigenvalue weighted by Gasteiger charge is 2.30. The van der Waals surface area contributed by atoms with Crippen LogP contribution in [0.15, 0.2) is 59.6 Å². The van der Waals surface area contributed by atoms with Crippen molar-refractivity contribution in [3.8, 4) is 0 Å². The summed E-state index contributed by atoms with van der Waals surface area (Å²) in [5.41, 5.74) is 0.600. The van der Waals surface area contributed by atoms with Crippen molar-refractivity contribution >= 4 is 21.2 Å². The number of hydrogen-bond acceptors (Lipinski definition) is 3. The smallest absolute Gasteiger partial charge is 0.255 e. The van der Waals surface area contributed by atoms with Crippen LogP contribution in [0.5, 0.6) is 0 Å². The highest BCUT2D eigenvalue weighted by molar-refractivity contribution is 7.89. The molecule has 26 heavy (non-hydrogen) atoms. The quantitative estimate of drug-likeness (QED) is 0.823. The van der Waals surface area contributed by atoms with Crippen LogP contribution in [0.4, 0.5) is 17.6 Å². The molecule has 4 nitrogen and oxygen atoms in total. The number of primary sulfonamides is 1. The highest BCUT2D eigenvalue weighted by Crippen LogP contribution is 2.38. The van der Waals surface area contributed by atoms with Crippen LogP contribution in [-0.4, -0.2) is 19.6 Å². The number of halogens is 4. The SMILES string of the molecule is NS(=O)(=O)c1ccc(C2=CC(F)C=C2c2ccc(C(F)(F)F)cc2)nc1. The van der Waals surface area contributed by atoms with Crippen LogP contribution in [0.25, 0.3) is 11.1 Å². The second kappa shape index (κ2) is 6.33. The lowest BCUT2D eigenvalue weighted by molar-refractivity contribution is -0.137. The van der Waals surface area contributed by atoms with E-state index in [1.54, 1.807) is 0 Å². The van der Waals surface area contributed by atoms with Crippen LogP contribution in [-0.2, 0) is 16.2 Å². The van der Waals surface area contributed by atoms with E-state index in [-0.39, 0.29) is 10.6 Å². The summed E-state index contributed by atoms with van der Waals surface area (Å²) in [6, 6.07) is 6.92. The summed E-state index contributed by atoms with van der Waals surface area (Å²) in [5, 5.41) is 5.00. The summed E-state index contributed by atoms with van der Waals surface area (Å²) >= 11 is 0. The first-order valence-corrected chi connectivity index (χ1v) is 8.85. The van der Waals surface area contributed by atoms with E-state index in [1.807, 2.05) is 0 Å². The molecule has 1 aliphatic carbocycles. The molecule has 0 aliphatic heterocycles. The van der Waals surface area contributed by atoms with Crippen molar-refractivity contribution in [3.05, 3.63) is 71.6 Å². The van der Waals surface area contributed by atoms with Crippen molar-refractivity contribution in [2.24, 2.45) is 5.14 Å². The van der Waals surface area contributed by atoms with Gasteiger partial charge in [-0.15, -0.1) is 0 Å². The Morgan fingerprint density at radius 1 is 0.962 bits per heavy atom. The summed E-state index contributed by atoms with van der Waals surface area (Å²) in [5.74, 6) is 0. The van der Waals surface area contributed by atoms with Gasteiger partial charge >= 0.3 is 6.18 Å². The Labute approximate surface area is 146 Å². The number of nitrogens with zero attached hydrogens (tertiary/aromatic N) is 1. The zero-order chi connectivity index (χ0) is 19.1. The van der Waals surface area contributed by atoms with Crippen molar-refractivity contribution in [3.63, 3.8) is 0 Å². The lowest BCUT2D eigenvalue weighted by Gasteiger charge is -2.11. The number of aromatic nitrogens is 1. The van der Waals surface area contributed by atoms with Gasteiger partial charge in [0.1, 0.15) is 11.1 Å². The fourth-order valence-electron chi connectivity index (χ4n) is 2.57.